The Morgan fingerprint density at radius 3 is 2.56 bits per heavy atom. The highest BCUT2D eigenvalue weighted by molar-refractivity contribution is 4.85. The second-order valence-corrected chi connectivity index (χ2v) is 5.43. The highest BCUT2D eigenvalue weighted by Gasteiger charge is 2.34. The maximum absolute atomic E-state index is 9.96. The Balaban J connectivity index is 1.63. The van der Waals surface area contributed by atoms with E-state index < -0.39 is 6.10 Å². The monoisotopic (exact) mass is 259 g/mol. The van der Waals surface area contributed by atoms with Crippen LogP contribution >= 0.6 is 0 Å². The number of β-amino-alcohol motifs (C(OH)–C–C–N with tert-alkyl or cyclic N) is 1. The number of hydrogen-bond acceptors (Lipinski definition) is 5. The first-order chi connectivity index (χ1) is 8.67. The molecule has 4 atom stereocenters. The quantitative estimate of drug-likeness (QED) is 0.711. The van der Waals surface area contributed by atoms with E-state index >= 15 is 0 Å². The lowest BCUT2D eigenvalue weighted by Crippen LogP contribution is -2.46. The van der Waals surface area contributed by atoms with E-state index in [9.17, 15) is 5.11 Å². The number of rotatable bonds is 7. The summed E-state index contributed by atoms with van der Waals surface area (Å²) in [6.07, 6.45) is 2.69. The number of aliphatic hydroxyl groups excluding tert-OH is 1. The Hall–Kier alpha value is -0.200. The Morgan fingerprint density at radius 2 is 1.94 bits per heavy atom. The average molecular weight is 259 g/mol. The smallest absolute Gasteiger partial charge is 0.0900 e. The molecule has 2 bridgehead atoms. The zero-order valence-electron chi connectivity index (χ0n) is 11.4. The Morgan fingerprint density at radius 1 is 1.28 bits per heavy atom. The predicted molar refractivity (Wildman–Crippen MR) is 67.6 cm³/mol. The Labute approximate surface area is 109 Å². The molecule has 0 aromatic carbocycles. The van der Waals surface area contributed by atoms with Crippen LogP contribution in [0.25, 0.3) is 0 Å². The molecule has 2 rings (SSSR count). The molecular formula is C13H25NO4. The van der Waals surface area contributed by atoms with Crippen LogP contribution in [0.4, 0.5) is 0 Å². The van der Waals surface area contributed by atoms with Gasteiger partial charge >= 0.3 is 0 Å². The van der Waals surface area contributed by atoms with Gasteiger partial charge in [-0.15, -0.1) is 0 Å². The van der Waals surface area contributed by atoms with E-state index in [1.165, 1.54) is 12.8 Å². The molecule has 0 saturated carbocycles. The summed E-state index contributed by atoms with van der Waals surface area (Å²) in [7, 11) is 1.65. The van der Waals surface area contributed by atoms with E-state index in [2.05, 4.69) is 4.90 Å². The summed E-state index contributed by atoms with van der Waals surface area (Å²) in [5, 5.41) is 9.96. The van der Waals surface area contributed by atoms with Crippen LogP contribution in [0.2, 0.25) is 0 Å². The maximum atomic E-state index is 9.96. The fourth-order valence-corrected chi connectivity index (χ4v) is 2.76. The third kappa shape index (κ3) is 4.17. The van der Waals surface area contributed by atoms with Gasteiger partial charge in [-0.2, -0.15) is 0 Å². The van der Waals surface area contributed by atoms with Crippen molar-refractivity contribution in [1.29, 1.82) is 0 Å². The zero-order valence-corrected chi connectivity index (χ0v) is 11.4. The van der Waals surface area contributed by atoms with Crippen LogP contribution in [0, 0.1) is 0 Å². The molecule has 2 aliphatic rings. The van der Waals surface area contributed by atoms with Crippen molar-refractivity contribution in [2.45, 2.75) is 44.2 Å². The van der Waals surface area contributed by atoms with Crippen molar-refractivity contribution in [2.75, 3.05) is 40.0 Å². The molecule has 18 heavy (non-hydrogen) atoms. The van der Waals surface area contributed by atoms with Crippen LogP contribution in [0.3, 0.4) is 0 Å². The third-order valence-electron chi connectivity index (χ3n) is 3.56. The number of morpholine rings is 1. The van der Waals surface area contributed by atoms with Crippen LogP contribution in [0.15, 0.2) is 0 Å². The van der Waals surface area contributed by atoms with Crippen molar-refractivity contribution in [3.8, 4) is 0 Å². The number of fused-ring (bicyclic) bond motifs is 2. The molecule has 2 fully saturated rings. The van der Waals surface area contributed by atoms with Crippen LogP contribution in [0.1, 0.15) is 19.8 Å². The number of aliphatic hydroxyl groups is 1. The first-order valence-corrected chi connectivity index (χ1v) is 6.83. The molecular weight excluding hydrogens is 234 g/mol. The van der Waals surface area contributed by atoms with Crippen molar-refractivity contribution in [3.63, 3.8) is 0 Å². The van der Waals surface area contributed by atoms with Crippen molar-refractivity contribution in [2.24, 2.45) is 0 Å². The molecule has 106 valence electrons. The van der Waals surface area contributed by atoms with E-state index in [-0.39, 0.29) is 6.10 Å². The van der Waals surface area contributed by atoms with Crippen LogP contribution in [-0.4, -0.2) is 74.4 Å². The fraction of sp³-hybridized carbons (Fsp3) is 1.00. The molecule has 0 aromatic rings. The highest BCUT2D eigenvalue weighted by atomic mass is 16.5. The van der Waals surface area contributed by atoms with E-state index in [0.717, 1.165) is 13.1 Å². The molecule has 1 N–H and O–H groups in total. The number of methoxy groups -OCH3 is 1. The second-order valence-electron chi connectivity index (χ2n) is 5.43. The van der Waals surface area contributed by atoms with Gasteiger partial charge in [0.05, 0.1) is 37.6 Å². The van der Waals surface area contributed by atoms with E-state index in [1.54, 1.807) is 7.11 Å². The SMILES string of the molecule is COCC(C)OCC(O)CN1CC2CCC(C1)O2. The van der Waals surface area contributed by atoms with Crippen molar-refractivity contribution in [3.05, 3.63) is 0 Å². The van der Waals surface area contributed by atoms with Gasteiger partial charge < -0.3 is 19.3 Å². The number of likely N-dealkylation sites (tertiary alicyclic amines) is 1. The highest BCUT2D eigenvalue weighted by Crippen LogP contribution is 2.26. The molecule has 2 saturated heterocycles. The third-order valence-corrected chi connectivity index (χ3v) is 3.56. The van der Waals surface area contributed by atoms with Crippen LogP contribution < -0.4 is 0 Å². The van der Waals surface area contributed by atoms with E-state index in [0.29, 0.717) is 32.0 Å². The first-order valence-electron chi connectivity index (χ1n) is 6.83. The molecule has 0 aliphatic carbocycles. The summed E-state index contributed by atoms with van der Waals surface area (Å²) in [4.78, 5) is 2.29. The predicted octanol–water partition coefficient (Wildman–Crippen LogP) is 0.262. The van der Waals surface area contributed by atoms with E-state index in [1.807, 2.05) is 6.92 Å². The molecule has 4 unspecified atom stereocenters. The van der Waals surface area contributed by atoms with Gasteiger partial charge in [0.2, 0.25) is 0 Å². The van der Waals surface area contributed by atoms with Gasteiger partial charge in [-0.3, -0.25) is 4.90 Å². The summed E-state index contributed by atoms with van der Waals surface area (Å²) in [6, 6.07) is 0. The van der Waals surface area contributed by atoms with Crippen molar-refractivity contribution >= 4 is 0 Å². The standard InChI is InChI=1S/C13H25NO4/c1-10(8-16-2)17-9-11(15)5-14-6-12-3-4-13(7-14)18-12/h10-13,15H,3-9H2,1-2H3. The fourth-order valence-electron chi connectivity index (χ4n) is 2.76. The number of hydrogen-bond donors (Lipinski definition) is 1. The zero-order chi connectivity index (χ0) is 13.0. The minimum absolute atomic E-state index is 0.0329. The lowest BCUT2D eigenvalue weighted by atomic mass is 10.2. The summed E-state index contributed by atoms with van der Waals surface area (Å²) in [6.45, 7) is 5.45. The summed E-state index contributed by atoms with van der Waals surface area (Å²) in [5.74, 6) is 0. The van der Waals surface area contributed by atoms with Gasteiger partial charge in [-0.05, 0) is 19.8 Å². The molecule has 0 spiro atoms. The maximum Gasteiger partial charge on any atom is 0.0900 e. The summed E-state index contributed by atoms with van der Waals surface area (Å²) >= 11 is 0. The van der Waals surface area contributed by atoms with Gasteiger partial charge in [0.1, 0.15) is 0 Å². The lowest BCUT2D eigenvalue weighted by Gasteiger charge is -2.33. The van der Waals surface area contributed by atoms with E-state index in [4.69, 9.17) is 14.2 Å². The Kier molecular flexibility index (Phi) is 5.38. The van der Waals surface area contributed by atoms with Crippen molar-refractivity contribution < 1.29 is 19.3 Å². The van der Waals surface area contributed by atoms with Crippen molar-refractivity contribution in [1.82, 2.24) is 4.90 Å². The first kappa shape index (κ1) is 14.2. The number of nitrogens with zero attached hydrogens (tertiary/aromatic N) is 1. The van der Waals surface area contributed by atoms with Gasteiger partial charge in [-0.25, -0.2) is 0 Å². The normalized spacial score (nSPS) is 31.5. The molecule has 0 aromatic heterocycles. The van der Waals surface area contributed by atoms with Gasteiger partial charge in [0, 0.05) is 26.7 Å². The molecule has 2 aliphatic heterocycles. The molecule has 0 amide bonds. The largest absolute Gasteiger partial charge is 0.389 e. The van der Waals surface area contributed by atoms with Crippen LogP contribution in [-0.2, 0) is 14.2 Å². The molecule has 5 nitrogen and oxygen atoms in total. The minimum atomic E-state index is -0.429. The molecule has 5 heteroatoms. The van der Waals surface area contributed by atoms with Crippen LogP contribution in [0.5, 0.6) is 0 Å². The number of ether oxygens (including phenoxy) is 3. The molecule has 2 heterocycles. The Bertz CT molecular complexity index is 239. The minimum Gasteiger partial charge on any atom is -0.389 e. The van der Waals surface area contributed by atoms with Gasteiger partial charge in [0.25, 0.3) is 0 Å². The van der Waals surface area contributed by atoms with Gasteiger partial charge in [0.15, 0.2) is 0 Å². The van der Waals surface area contributed by atoms with Gasteiger partial charge in [-0.1, -0.05) is 0 Å². The topological polar surface area (TPSA) is 51.2 Å². The second kappa shape index (κ2) is 6.82. The summed E-state index contributed by atoms with van der Waals surface area (Å²) < 4.78 is 16.3. The average Bonchev–Trinajstić information content (AvgIpc) is 2.67. The lowest BCUT2D eigenvalue weighted by molar-refractivity contribution is -0.0701. The molecule has 0 radical (unpaired) electrons. The summed E-state index contributed by atoms with van der Waals surface area (Å²) in [5.41, 5.74) is 0.